The van der Waals surface area contributed by atoms with Gasteiger partial charge in [-0.1, -0.05) is 24.4 Å². The maximum Gasteiger partial charge on any atom is 0.254 e. The summed E-state index contributed by atoms with van der Waals surface area (Å²) < 4.78 is 23.2. The molecular weight excluding hydrogens is 312 g/mol. The first-order valence-corrected chi connectivity index (χ1v) is 8.85. The fourth-order valence-corrected chi connectivity index (χ4v) is 3.73. The minimum atomic E-state index is -3.91. The van der Waals surface area contributed by atoms with Crippen LogP contribution in [0.2, 0.25) is 5.02 Å². The normalized spacial score (nSPS) is 16.6. The first-order valence-electron chi connectivity index (χ1n) is 6.93. The van der Waals surface area contributed by atoms with Crippen LogP contribution in [0.15, 0.2) is 17.0 Å². The average Bonchev–Trinajstić information content (AvgIpc) is 2.68. The molecule has 0 atom stereocenters. The Hall–Kier alpha value is -1.11. The molecule has 1 heterocycles. The molecule has 1 aliphatic heterocycles. The lowest BCUT2D eigenvalue weighted by molar-refractivity contribution is 0.0760. The minimum Gasteiger partial charge on any atom is -0.339 e. The quantitative estimate of drug-likeness (QED) is 0.903. The Morgan fingerprint density at radius 1 is 1.19 bits per heavy atom. The lowest BCUT2D eigenvalue weighted by Gasteiger charge is -2.22. The van der Waals surface area contributed by atoms with Gasteiger partial charge in [-0.15, -0.1) is 0 Å². The second-order valence-electron chi connectivity index (χ2n) is 5.33. The van der Waals surface area contributed by atoms with Crippen molar-refractivity contribution in [3.63, 3.8) is 0 Å². The van der Waals surface area contributed by atoms with Gasteiger partial charge in [0.25, 0.3) is 5.91 Å². The molecule has 116 valence electrons. The number of benzene rings is 1. The third-order valence-electron chi connectivity index (χ3n) is 3.76. The van der Waals surface area contributed by atoms with Gasteiger partial charge in [-0.05, 0) is 37.5 Å². The van der Waals surface area contributed by atoms with Crippen LogP contribution < -0.4 is 5.14 Å². The predicted molar refractivity (Wildman–Crippen MR) is 81.9 cm³/mol. The van der Waals surface area contributed by atoms with Crippen molar-refractivity contribution in [3.8, 4) is 0 Å². The maximum atomic E-state index is 12.6. The smallest absolute Gasteiger partial charge is 0.254 e. The van der Waals surface area contributed by atoms with Crippen LogP contribution in [0.4, 0.5) is 0 Å². The SMILES string of the molecule is Cc1c(C(=O)N2CCCCCC2)cc(Cl)cc1S(N)(=O)=O. The summed E-state index contributed by atoms with van der Waals surface area (Å²) in [6.07, 6.45) is 4.16. The standard InChI is InChI=1S/C14H19ClN2O3S/c1-10-12(8-11(15)9-13(10)21(16,19)20)14(18)17-6-4-2-3-5-7-17/h8-9H,2-7H2,1H3,(H2,16,19,20). The molecule has 0 radical (unpaired) electrons. The number of halogens is 1. The van der Waals surface area contributed by atoms with Crippen LogP contribution >= 0.6 is 11.6 Å². The van der Waals surface area contributed by atoms with E-state index in [2.05, 4.69) is 0 Å². The molecule has 0 unspecified atom stereocenters. The Morgan fingerprint density at radius 2 is 1.76 bits per heavy atom. The summed E-state index contributed by atoms with van der Waals surface area (Å²) in [5.74, 6) is -0.179. The maximum absolute atomic E-state index is 12.6. The molecule has 1 fully saturated rings. The number of nitrogens with two attached hydrogens (primary N) is 1. The molecule has 0 spiro atoms. The van der Waals surface area contributed by atoms with Crippen LogP contribution in [0.25, 0.3) is 0 Å². The fraction of sp³-hybridized carbons (Fsp3) is 0.500. The van der Waals surface area contributed by atoms with E-state index in [9.17, 15) is 13.2 Å². The van der Waals surface area contributed by atoms with E-state index in [0.29, 0.717) is 24.2 Å². The van der Waals surface area contributed by atoms with Crippen LogP contribution in [0.3, 0.4) is 0 Å². The molecule has 21 heavy (non-hydrogen) atoms. The van der Waals surface area contributed by atoms with Gasteiger partial charge >= 0.3 is 0 Å². The molecule has 0 saturated carbocycles. The fourth-order valence-electron chi connectivity index (χ4n) is 2.62. The summed E-state index contributed by atoms with van der Waals surface area (Å²) >= 11 is 5.95. The third-order valence-corrected chi connectivity index (χ3v) is 5.01. The van der Waals surface area contributed by atoms with Gasteiger partial charge in [0.15, 0.2) is 0 Å². The molecule has 2 N–H and O–H groups in total. The number of sulfonamides is 1. The zero-order valence-corrected chi connectivity index (χ0v) is 13.5. The van der Waals surface area contributed by atoms with Crippen molar-refractivity contribution in [2.75, 3.05) is 13.1 Å². The topological polar surface area (TPSA) is 80.5 Å². The van der Waals surface area contributed by atoms with Crippen molar-refractivity contribution in [3.05, 3.63) is 28.3 Å². The zero-order valence-electron chi connectivity index (χ0n) is 11.9. The molecule has 1 aromatic rings. The highest BCUT2D eigenvalue weighted by Crippen LogP contribution is 2.25. The number of hydrogen-bond acceptors (Lipinski definition) is 3. The van der Waals surface area contributed by atoms with Crippen LogP contribution in [-0.2, 0) is 10.0 Å². The van der Waals surface area contributed by atoms with Gasteiger partial charge in [0.2, 0.25) is 10.0 Å². The van der Waals surface area contributed by atoms with Crippen molar-refractivity contribution >= 4 is 27.5 Å². The number of carbonyl (C=O) groups is 1. The van der Waals surface area contributed by atoms with E-state index in [-0.39, 0.29) is 15.8 Å². The Bertz CT molecular complexity index is 650. The van der Waals surface area contributed by atoms with Crippen molar-refractivity contribution in [2.24, 2.45) is 5.14 Å². The molecule has 0 aromatic heterocycles. The number of rotatable bonds is 2. The van der Waals surface area contributed by atoms with E-state index in [1.807, 2.05) is 0 Å². The predicted octanol–water partition coefficient (Wildman–Crippen LogP) is 2.31. The molecule has 1 aromatic carbocycles. The molecule has 1 amide bonds. The summed E-state index contributed by atoms with van der Waals surface area (Å²) in [4.78, 5) is 14.3. The lowest BCUT2D eigenvalue weighted by atomic mass is 10.1. The number of nitrogens with zero attached hydrogens (tertiary/aromatic N) is 1. The Labute approximate surface area is 130 Å². The van der Waals surface area contributed by atoms with Gasteiger partial charge in [-0.2, -0.15) is 0 Å². The van der Waals surface area contributed by atoms with Crippen LogP contribution in [0.5, 0.6) is 0 Å². The highest BCUT2D eigenvalue weighted by Gasteiger charge is 2.23. The Morgan fingerprint density at radius 3 is 2.29 bits per heavy atom. The highest BCUT2D eigenvalue weighted by atomic mass is 35.5. The summed E-state index contributed by atoms with van der Waals surface area (Å²) in [7, 11) is -3.91. The van der Waals surface area contributed by atoms with E-state index in [1.54, 1.807) is 11.8 Å². The van der Waals surface area contributed by atoms with E-state index < -0.39 is 10.0 Å². The molecule has 7 heteroatoms. The molecule has 0 aliphatic carbocycles. The summed E-state index contributed by atoms with van der Waals surface area (Å²) in [6.45, 7) is 2.96. The summed E-state index contributed by atoms with van der Waals surface area (Å²) in [5, 5.41) is 5.38. The molecule has 0 bridgehead atoms. The number of hydrogen-bond donors (Lipinski definition) is 1. The molecule has 1 saturated heterocycles. The number of primary sulfonamides is 1. The van der Waals surface area contributed by atoms with E-state index in [1.165, 1.54) is 12.1 Å². The van der Waals surface area contributed by atoms with Gasteiger partial charge < -0.3 is 4.90 Å². The van der Waals surface area contributed by atoms with Crippen molar-refractivity contribution in [1.82, 2.24) is 4.90 Å². The lowest BCUT2D eigenvalue weighted by Crippen LogP contribution is -2.32. The first-order chi connectivity index (χ1) is 9.80. The Balaban J connectivity index is 2.43. The van der Waals surface area contributed by atoms with Crippen LogP contribution in [-0.4, -0.2) is 32.3 Å². The zero-order chi connectivity index (χ0) is 15.6. The van der Waals surface area contributed by atoms with Gasteiger partial charge in [0.05, 0.1) is 4.90 Å². The van der Waals surface area contributed by atoms with Gasteiger partial charge in [-0.25, -0.2) is 13.6 Å². The van der Waals surface area contributed by atoms with Crippen molar-refractivity contribution in [2.45, 2.75) is 37.5 Å². The van der Waals surface area contributed by atoms with Crippen LogP contribution in [0, 0.1) is 6.92 Å². The third kappa shape index (κ3) is 3.75. The van der Waals surface area contributed by atoms with Crippen molar-refractivity contribution < 1.29 is 13.2 Å². The monoisotopic (exact) mass is 330 g/mol. The number of likely N-dealkylation sites (tertiary alicyclic amines) is 1. The highest BCUT2D eigenvalue weighted by molar-refractivity contribution is 7.89. The average molecular weight is 331 g/mol. The van der Waals surface area contributed by atoms with Crippen LogP contribution in [0.1, 0.15) is 41.6 Å². The molecular formula is C14H19ClN2O3S. The summed E-state index contributed by atoms with van der Waals surface area (Å²) in [6, 6.07) is 2.80. The molecule has 1 aliphatic rings. The molecule has 2 rings (SSSR count). The minimum absolute atomic E-state index is 0.0897. The first kappa shape index (κ1) is 16.3. The van der Waals surface area contributed by atoms with Gasteiger partial charge in [0, 0.05) is 23.7 Å². The Kier molecular flexibility index (Phi) is 4.91. The second-order valence-corrected chi connectivity index (χ2v) is 7.29. The number of carbonyl (C=O) groups excluding carboxylic acids is 1. The van der Waals surface area contributed by atoms with Gasteiger partial charge in [0.1, 0.15) is 0 Å². The van der Waals surface area contributed by atoms with E-state index in [4.69, 9.17) is 16.7 Å². The second kappa shape index (κ2) is 6.34. The number of amides is 1. The van der Waals surface area contributed by atoms with E-state index >= 15 is 0 Å². The van der Waals surface area contributed by atoms with Crippen molar-refractivity contribution in [1.29, 1.82) is 0 Å². The van der Waals surface area contributed by atoms with E-state index in [0.717, 1.165) is 25.7 Å². The van der Waals surface area contributed by atoms with Gasteiger partial charge in [-0.3, -0.25) is 4.79 Å². The molecule has 5 nitrogen and oxygen atoms in total. The largest absolute Gasteiger partial charge is 0.339 e. The summed E-state index contributed by atoms with van der Waals surface area (Å²) in [5.41, 5.74) is 0.671.